The second-order valence-corrected chi connectivity index (χ2v) is 4.83. The molecule has 0 aromatic heterocycles. The van der Waals surface area contributed by atoms with Crippen LogP contribution in [0, 0.1) is 0 Å². The summed E-state index contributed by atoms with van der Waals surface area (Å²) >= 11 is 0. The third kappa shape index (κ3) is 9.17. The van der Waals surface area contributed by atoms with Gasteiger partial charge in [-0.3, -0.25) is 0 Å². The summed E-state index contributed by atoms with van der Waals surface area (Å²) in [4.78, 5) is 0. The van der Waals surface area contributed by atoms with Crippen molar-refractivity contribution in [3.63, 3.8) is 0 Å². The van der Waals surface area contributed by atoms with Crippen molar-refractivity contribution in [3.8, 4) is 0 Å². The van der Waals surface area contributed by atoms with Gasteiger partial charge in [0, 0.05) is 13.2 Å². The third-order valence-corrected chi connectivity index (χ3v) is 3.13. The second kappa shape index (κ2) is 10.1. The molecule has 1 atom stereocenters. The maximum absolute atomic E-state index is 5.55. The van der Waals surface area contributed by atoms with E-state index < -0.39 is 0 Å². The van der Waals surface area contributed by atoms with Gasteiger partial charge in [0.25, 0.3) is 0 Å². The van der Waals surface area contributed by atoms with Crippen LogP contribution in [0.25, 0.3) is 0 Å². The summed E-state index contributed by atoms with van der Waals surface area (Å²) in [5, 5.41) is 0. The smallest absolute Gasteiger partial charge is 0.0831 e. The minimum atomic E-state index is 0.526. The van der Waals surface area contributed by atoms with Gasteiger partial charge in [0.2, 0.25) is 0 Å². The topological polar surface area (TPSA) is 21.8 Å². The van der Waals surface area contributed by atoms with Crippen molar-refractivity contribution in [1.29, 1.82) is 0 Å². The molecule has 0 bridgehead atoms. The lowest BCUT2D eigenvalue weighted by Gasteiger charge is -2.03. The minimum absolute atomic E-state index is 0.526. The van der Waals surface area contributed by atoms with Gasteiger partial charge in [-0.25, -0.2) is 0 Å². The number of ether oxygens (including phenoxy) is 2. The number of hydrogen-bond acceptors (Lipinski definition) is 2. The van der Waals surface area contributed by atoms with Gasteiger partial charge >= 0.3 is 0 Å². The first-order valence-electron chi connectivity index (χ1n) is 7.13. The SMILES string of the molecule is CCCCCCCCCCOCCC1CO1. The minimum Gasteiger partial charge on any atom is -0.381 e. The van der Waals surface area contributed by atoms with E-state index in [0.29, 0.717) is 6.10 Å². The van der Waals surface area contributed by atoms with Crippen LogP contribution in [-0.2, 0) is 9.47 Å². The average Bonchev–Trinajstić information content (AvgIpc) is 3.10. The van der Waals surface area contributed by atoms with Crippen molar-refractivity contribution in [1.82, 2.24) is 0 Å². The Labute approximate surface area is 101 Å². The van der Waals surface area contributed by atoms with Crippen LogP contribution < -0.4 is 0 Å². The van der Waals surface area contributed by atoms with E-state index in [9.17, 15) is 0 Å². The predicted octanol–water partition coefficient (Wildman–Crippen LogP) is 3.93. The van der Waals surface area contributed by atoms with Gasteiger partial charge in [0.15, 0.2) is 0 Å². The first kappa shape index (κ1) is 14.0. The second-order valence-electron chi connectivity index (χ2n) is 4.83. The molecule has 0 aromatic carbocycles. The van der Waals surface area contributed by atoms with Crippen LogP contribution >= 0.6 is 0 Å². The molecule has 0 saturated carbocycles. The van der Waals surface area contributed by atoms with Crippen molar-refractivity contribution in [2.45, 2.75) is 70.8 Å². The largest absolute Gasteiger partial charge is 0.381 e. The molecule has 2 heteroatoms. The van der Waals surface area contributed by atoms with Crippen LogP contribution in [0.5, 0.6) is 0 Å². The molecule has 0 spiro atoms. The molecule has 1 fully saturated rings. The molecule has 1 aliphatic rings. The zero-order valence-corrected chi connectivity index (χ0v) is 10.9. The fraction of sp³-hybridized carbons (Fsp3) is 1.00. The molecule has 0 N–H and O–H groups in total. The van der Waals surface area contributed by atoms with Crippen molar-refractivity contribution < 1.29 is 9.47 Å². The van der Waals surface area contributed by atoms with Crippen LogP contribution in [-0.4, -0.2) is 25.9 Å². The van der Waals surface area contributed by atoms with Crippen molar-refractivity contribution in [2.75, 3.05) is 19.8 Å². The lowest BCUT2D eigenvalue weighted by Crippen LogP contribution is -2.00. The summed E-state index contributed by atoms with van der Waals surface area (Å²) in [6.45, 7) is 5.06. The highest BCUT2D eigenvalue weighted by Crippen LogP contribution is 2.13. The Hall–Kier alpha value is -0.0800. The summed E-state index contributed by atoms with van der Waals surface area (Å²) in [5.74, 6) is 0. The lowest BCUT2D eigenvalue weighted by molar-refractivity contribution is 0.121. The molecule has 1 aliphatic heterocycles. The van der Waals surface area contributed by atoms with Gasteiger partial charge in [-0.2, -0.15) is 0 Å². The fourth-order valence-corrected chi connectivity index (χ4v) is 1.89. The van der Waals surface area contributed by atoms with Gasteiger partial charge < -0.3 is 9.47 Å². The number of epoxide rings is 1. The van der Waals surface area contributed by atoms with Crippen LogP contribution in [0.3, 0.4) is 0 Å². The molecule has 16 heavy (non-hydrogen) atoms. The van der Waals surface area contributed by atoms with E-state index in [2.05, 4.69) is 6.92 Å². The molecule has 0 aromatic rings. The molecule has 1 heterocycles. The van der Waals surface area contributed by atoms with E-state index in [-0.39, 0.29) is 0 Å². The molecular formula is C14H28O2. The zero-order valence-electron chi connectivity index (χ0n) is 10.9. The van der Waals surface area contributed by atoms with Crippen LogP contribution in [0.2, 0.25) is 0 Å². The number of rotatable bonds is 12. The van der Waals surface area contributed by atoms with Crippen LogP contribution in [0.1, 0.15) is 64.7 Å². The number of hydrogen-bond donors (Lipinski definition) is 0. The highest BCUT2D eigenvalue weighted by Gasteiger charge is 2.21. The Morgan fingerprint density at radius 1 is 0.938 bits per heavy atom. The molecule has 1 rings (SSSR count). The Balaban J connectivity index is 1.61. The predicted molar refractivity (Wildman–Crippen MR) is 67.8 cm³/mol. The molecule has 1 saturated heterocycles. The summed E-state index contributed by atoms with van der Waals surface area (Å²) < 4.78 is 10.7. The maximum atomic E-state index is 5.55. The quantitative estimate of drug-likeness (QED) is 0.373. The first-order chi connectivity index (χ1) is 7.93. The number of unbranched alkanes of at least 4 members (excludes halogenated alkanes) is 7. The Kier molecular flexibility index (Phi) is 8.83. The van der Waals surface area contributed by atoms with E-state index in [1.165, 1.54) is 51.4 Å². The summed E-state index contributed by atoms with van der Waals surface area (Å²) in [5.41, 5.74) is 0. The van der Waals surface area contributed by atoms with Crippen molar-refractivity contribution in [2.24, 2.45) is 0 Å². The third-order valence-electron chi connectivity index (χ3n) is 3.13. The average molecular weight is 228 g/mol. The Bertz CT molecular complexity index is 144. The zero-order chi connectivity index (χ0) is 11.5. The fourth-order valence-electron chi connectivity index (χ4n) is 1.89. The first-order valence-corrected chi connectivity index (χ1v) is 7.13. The van der Waals surface area contributed by atoms with Crippen molar-refractivity contribution >= 4 is 0 Å². The van der Waals surface area contributed by atoms with E-state index in [4.69, 9.17) is 9.47 Å². The van der Waals surface area contributed by atoms with Crippen molar-refractivity contribution in [3.05, 3.63) is 0 Å². The van der Waals surface area contributed by atoms with Crippen LogP contribution in [0.4, 0.5) is 0 Å². The van der Waals surface area contributed by atoms with E-state index in [1.54, 1.807) is 0 Å². The summed E-state index contributed by atoms with van der Waals surface area (Å²) in [7, 11) is 0. The lowest BCUT2D eigenvalue weighted by atomic mass is 10.1. The summed E-state index contributed by atoms with van der Waals surface area (Å²) in [6.07, 6.45) is 12.6. The van der Waals surface area contributed by atoms with Gasteiger partial charge in [-0.1, -0.05) is 51.9 Å². The Morgan fingerprint density at radius 2 is 1.56 bits per heavy atom. The molecule has 0 amide bonds. The molecular weight excluding hydrogens is 200 g/mol. The highest BCUT2D eigenvalue weighted by molar-refractivity contribution is 4.67. The molecule has 0 radical (unpaired) electrons. The monoisotopic (exact) mass is 228 g/mol. The molecule has 0 aliphatic carbocycles. The van der Waals surface area contributed by atoms with E-state index >= 15 is 0 Å². The van der Waals surface area contributed by atoms with Crippen LogP contribution in [0.15, 0.2) is 0 Å². The summed E-state index contributed by atoms with van der Waals surface area (Å²) in [6, 6.07) is 0. The van der Waals surface area contributed by atoms with Gasteiger partial charge in [-0.15, -0.1) is 0 Å². The standard InChI is InChI=1S/C14H28O2/c1-2-3-4-5-6-7-8-9-11-15-12-10-14-13-16-14/h14H,2-13H2,1H3. The highest BCUT2D eigenvalue weighted by atomic mass is 16.6. The molecule has 1 unspecified atom stereocenters. The Morgan fingerprint density at radius 3 is 2.19 bits per heavy atom. The molecule has 96 valence electrons. The maximum Gasteiger partial charge on any atom is 0.0831 e. The van der Waals surface area contributed by atoms with E-state index in [0.717, 1.165) is 26.2 Å². The molecule has 2 nitrogen and oxygen atoms in total. The van der Waals surface area contributed by atoms with Gasteiger partial charge in [-0.05, 0) is 12.8 Å². The van der Waals surface area contributed by atoms with Gasteiger partial charge in [0.05, 0.1) is 12.7 Å². The van der Waals surface area contributed by atoms with E-state index in [1.807, 2.05) is 0 Å². The van der Waals surface area contributed by atoms with Gasteiger partial charge in [0.1, 0.15) is 0 Å². The normalized spacial score (nSPS) is 18.9.